The summed E-state index contributed by atoms with van der Waals surface area (Å²) in [5.74, 6) is -0.953. The van der Waals surface area contributed by atoms with Gasteiger partial charge in [0.1, 0.15) is 11.9 Å². The van der Waals surface area contributed by atoms with Crippen LogP contribution in [0.5, 0.6) is 0 Å². The van der Waals surface area contributed by atoms with E-state index in [-0.39, 0.29) is 11.7 Å². The van der Waals surface area contributed by atoms with E-state index in [0.29, 0.717) is 18.5 Å². The highest BCUT2D eigenvalue weighted by molar-refractivity contribution is 7.78. The quantitative estimate of drug-likeness (QED) is 0.676. The van der Waals surface area contributed by atoms with Crippen molar-refractivity contribution in [1.29, 1.82) is 5.26 Å². The number of carbonyl (C=O) groups is 1. The van der Waals surface area contributed by atoms with Gasteiger partial charge in [-0.05, 0) is 42.7 Å². The Morgan fingerprint density at radius 3 is 2.42 bits per heavy atom. The summed E-state index contributed by atoms with van der Waals surface area (Å²) in [6.45, 7) is 0. The molecule has 0 fully saturated rings. The van der Waals surface area contributed by atoms with Crippen molar-refractivity contribution >= 4 is 24.4 Å². The highest BCUT2D eigenvalue weighted by Crippen LogP contribution is 2.18. The molecular weight excluding hydrogens is 325 g/mol. The van der Waals surface area contributed by atoms with Gasteiger partial charge in [0.25, 0.3) is 0 Å². The molecule has 0 aliphatic carbocycles. The molecule has 2 atom stereocenters. The number of nitriles is 1. The van der Waals surface area contributed by atoms with E-state index in [1.54, 1.807) is 24.3 Å². The molecule has 2 aromatic carbocycles. The fraction of sp³-hybridized carbons (Fsp3) is 0.222. The molecule has 0 saturated heterocycles. The summed E-state index contributed by atoms with van der Waals surface area (Å²) < 4.78 is 15.6. The Balaban J connectivity index is 2.13. The van der Waals surface area contributed by atoms with Crippen LogP contribution in [0.25, 0.3) is 0 Å². The van der Waals surface area contributed by atoms with E-state index in [1.165, 1.54) is 12.1 Å². The van der Waals surface area contributed by atoms with Gasteiger partial charge in [-0.15, -0.1) is 0 Å². The van der Waals surface area contributed by atoms with Crippen LogP contribution in [0.15, 0.2) is 54.6 Å². The average Bonchev–Trinajstić information content (AvgIpc) is 2.61. The molecule has 2 N–H and O–H groups in total. The summed E-state index contributed by atoms with van der Waals surface area (Å²) in [5.41, 5.74) is 1.53. The smallest absolute Gasteiger partial charge is 0.227 e. The number of hydrogen-bond acceptors (Lipinski definition) is 4. The molecule has 0 aromatic heterocycles. The van der Waals surface area contributed by atoms with Crippen molar-refractivity contribution in [2.45, 2.75) is 18.9 Å². The minimum absolute atomic E-state index is 0.186. The van der Waals surface area contributed by atoms with Crippen LogP contribution in [0, 0.1) is 23.1 Å². The largest absolute Gasteiger partial charge is 0.326 e. The minimum Gasteiger partial charge on any atom is -0.326 e. The number of halogens is 1. The maximum Gasteiger partial charge on any atom is 0.227 e. The summed E-state index contributed by atoms with van der Waals surface area (Å²) >= 11 is 3.92. The monoisotopic (exact) mass is 343 g/mol. The molecule has 0 bridgehead atoms. The number of nitrogens with one attached hydrogen (secondary N) is 2. The summed E-state index contributed by atoms with van der Waals surface area (Å²) in [7, 11) is 0. The number of hydrogen-bond donors (Lipinski definition) is 3. The Morgan fingerprint density at radius 1 is 1.17 bits per heavy atom. The maximum absolute atomic E-state index is 13.0. The molecule has 124 valence electrons. The molecule has 1 amide bonds. The first-order valence-electron chi connectivity index (χ1n) is 7.52. The number of amides is 1. The highest BCUT2D eigenvalue weighted by Gasteiger charge is 2.23. The molecule has 2 unspecified atom stereocenters. The molecule has 24 heavy (non-hydrogen) atoms. The predicted octanol–water partition coefficient (Wildman–Crippen LogP) is 3.34. The standard InChI is InChI=1S/C18H18FN3OS/c19-15-8-6-13(7-9-15)10-14(11-17(12-20)22-24)18(23)21-16-4-2-1-3-5-16/h1-9,14,17,22,24H,10-11H2,(H,21,23). The Bertz CT molecular complexity index is 700. The lowest BCUT2D eigenvalue weighted by Crippen LogP contribution is -2.31. The van der Waals surface area contributed by atoms with Gasteiger partial charge < -0.3 is 5.32 Å². The lowest BCUT2D eigenvalue weighted by atomic mass is 9.92. The van der Waals surface area contributed by atoms with Crippen molar-refractivity contribution in [1.82, 2.24) is 4.72 Å². The molecule has 0 heterocycles. The SMILES string of the molecule is N#CC(CC(Cc1ccc(F)cc1)C(=O)Nc1ccccc1)NS. The zero-order chi connectivity index (χ0) is 17.4. The van der Waals surface area contributed by atoms with E-state index in [9.17, 15) is 9.18 Å². The van der Waals surface area contributed by atoms with Crippen molar-refractivity contribution in [3.8, 4) is 6.07 Å². The van der Waals surface area contributed by atoms with Crippen LogP contribution in [0.4, 0.5) is 10.1 Å². The minimum atomic E-state index is -0.555. The fourth-order valence-electron chi connectivity index (χ4n) is 2.37. The number of thiol groups is 1. The van der Waals surface area contributed by atoms with E-state index in [4.69, 9.17) is 5.26 Å². The molecule has 0 spiro atoms. The second-order valence-corrected chi connectivity index (χ2v) is 5.69. The van der Waals surface area contributed by atoms with E-state index in [0.717, 1.165) is 5.56 Å². The topological polar surface area (TPSA) is 64.9 Å². The third-order valence-electron chi connectivity index (χ3n) is 3.64. The second kappa shape index (κ2) is 9.06. The molecular formula is C18H18FN3OS. The number of benzene rings is 2. The van der Waals surface area contributed by atoms with Gasteiger partial charge in [-0.3, -0.25) is 4.79 Å². The lowest BCUT2D eigenvalue weighted by molar-refractivity contribution is -0.120. The van der Waals surface area contributed by atoms with E-state index < -0.39 is 12.0 Å². The maximum atomic E-state index is 13.0. The van der Waals surface area contributed by atoms with Crippen molar-refractivity contribution in [3.63, 3.8) is 0 Å². The first-order chi connectivity index (χ1) is 11.6. The Labute approximate surface area is 146 Å². The molecule has 0 radical (unpaired) electrons. The number of nitrogens with zero attached hydrogens (tertiary/aromatic N) is 1. The summed E-state index contributed by atoms with van der Waals surface area (Å²) in [4.78, 5) is 12.6. The van der Waals surface area contributed by atoms with Gasteiger partial charge in [0.15, 0.2) is 0 Å². The second-order valence-electron chi connectivity index (χ2n) is 5.43. The van der Waals surface area contributed by atoms with Gasteiger partial charge in [0, 0.05) is 11.6 Å². The molecule has 2 aromatic rings. The number of para-hydroxylation sites is 1. The van der Waals surface area contributed by atoms with Crippen LogP contribution in [0.1, 0.15) is 12.0 Å². The van der Waals surface area contributed by atoms with Gasteiger partial charge in [-0.2, -0.15) is 5.26 Å². The summed E-state index contributed by atoms with van der Waals surface area (Å²) in [6.07, 6.45) is 0.711. The van der Waals surface area contributed by atoms with Crippen molar-refractivity contribution in [2.75, 3.05) is 5.32 Å². The van der Waals surface area contributed by atoms with Gasteiger partial charge >= 0.3 is 0 Å². The summed E-state index contributed by atoms with van der Waals surface area (Å²) in [5, 5.41) is 12.0. The Hall–Kier alpha value is -2.36. The normalized spacial score (nSPS) is 12.9. The molecule has 0 aliphatic rings. The molecule has 2 rings (SSSR count). The van der Waals surface area contributed by atoms with Gasteiger partial charge in [0.05, 0.1) is 6.07 Å². The van der Waals surface area contributed by atoms with Crippen LogP contribution < -0.4 is 10.0 Å². The zero-order valence-electron chi connectivity index (χ0n) is 12.9. The Morgan fingerprint density at radius 2 is 1.83 bits per heavy atom. The number of anilines is 1. The highest BCUT2D eigenvalue weighted by atomic mass is 32.1. The van der Waals surface area contributed by atoms with Crippen LogP contribution >= 0.6 is 12.8 Å². The number of rotatable bonds is 7. The van der Waals surface area contributed by atoms with Gasteiger partial charge in [0.2, 0.25) is 5.91 Å². The first kappa shape index (κ1) is 18.0. The van der Waals surface area contributed by atoms with Crippen LogP contribution in [-0.4, -0.2) is 11.9 Å². The van der Waals surface area contributed by atoms with Crippen LogP contribution in [-0.2, 0) is 11.2 Å². The molecule has 6 heteroatoms. The zero-order valence-corrected chi connectivity index (χ0v) is 13.8. The van der Waals surface area contributed by atoms with Gasteiger partial charge in [-0.25, -0.2) is 9.11 Å². The molecule has 0 saturated carbocycles. The average molecular weight is 343 g/mol. The molecule has 4 nitrogen and oxygen atoms in total. The van der Waals surface area contributed by atoms with Crippen molar-refractivity contribution in [3.05, 3.63) is 66.0 Å². The first-order valence-corrected chi connectivity index (χ1v) is 7.96. The van der Waals surface area contributed by atoms with E-state index in [1.807, 2.05) is 18.2 Å². The van der Waals surface area contributed by atoms with Crippen LogP contribution in [0.3, 0.4) is 0 Å². The van der Waals surface area contributed by atoms with Crippen molar-refractivity contribution < 1.29 is 9.18 Å². The summed E-state index contributed by atoms with van der Waals surface area (Å²) in [6, 6.07) is 16.6. The predicted molar refractivity (Wildman–Crippen MR) is 94.8 cm³/mol. The fourth-order valence-corrected chi connectivity index (χ4v) is 2.54. The third-order valence-corrected chi connectivity index (χ3v) is 3.95. The van der Waals surface area contributed by atoms with E-state index >= 15 is 0 Å². The molecule has 0 aliphatic heterocycles. The lowest BCUT2D eigenvalue weighted by Gasteiger charge is -2.19. The van der Waals surface area contributed by atoms with E-state index in [2.05, 4.69) is 28.9 Å². The van der Waals surface area contributed by atoms with Gasteiger partial charge in [-0.1, -0.05) is 43.1 Å². The number of carbonyl (C=O) groups excluding carboxylic acids is 1. The third kappa shape index (κ3) is 5.37. The Kier molecular flexibility index (Phi) is 6.79. The van der Waals surface area contributed by atoms with Crippen molar-refractivity contribution in [2.24, 2.45) is 5.92 Å². The van der Waals surface area contributed by atoms with Crippen LogP contribution in [0.2, 0.25) is 0 Å².